The molecule has 0 aliphatic carbocycles. The van der Waals surface area contributed by atoms with Crippen LogP contribution >= 0.6 is 11.6 Å². The quantitative estimate of drug-likeness (QED) is 0.831. The summed E-state index contributed by atoms with van der Waals surface area (Å²) in [6.45, 7) is 0.682. The molecule has 17 heavy (non-hydrogen) atoms. The molecule has 90 valence electrons. The fraction of sp³-hybridized carbons (Fsp3) is 0.333. The van der Waals surface area contributed by atoms with Gasteiger partial charge in [-0.15, -0.1) is 0 Å². The molecule has 0 radical (unpaired) electrons. The number of carbonyl (C=O) groups excluding carboxylic acids is 2. The molecule has 1 aromatic carbocycles. The zero-order chi connectivity index (χ0) is 12.4. The Morgan fingerprint density at radius 1 is 1.41 bits per heavy atom. The number of halogens is 1. The summed E-state index contributed by atoms with van der Waals surface area (Å²) >= 11 is 5.90. The maximum atomic E-state index is 12.1. The third kappa shape index (κ3) is 2.58. The topological polar surface area (TPSA) is 57.6 Å². The summed E-state index contributed by atoms with van der Waals surface area (Å²) in [4.78, 5) is 24.8. The van der Waals surface area contributed by atoms with Crippen molar-refractivity contribution in [3.8, 4) is 5.75 Å². The number of hydrogen-bond acceptors (Lipinski definition) is 3. The number of carbonyl (C=O) groups is 2. The van der Waals surface area contributed by atoms with Crippen LogP contribution in [0, 0.1) is 0 Å². The van der Waals surface area contributed by atoms with Crippen LogP contribution in [0.25, 0.3) is 0 Å². The van der Waals surface area contributed by atoms with E-state index in [1.54, 1.807) is 0 Å². The Kier molecular flexibility index (Phi) is 3.33. The predicted octanol–water partition coefficient (Wildman–Crippen LogP) is 1.85. The standard InChI is InChI=1S/C12H12ClNO3/c13-11-4-3-8(15)6-10(11)12(17)14-5-1-2-9(16)7-14/h3-4,6,15H,1-2,5,7H2. The van der Waals surface area contributed by atoms with Crippen LogP contribution in [-0.2, 0) is 4.79 Å². The SMILES string of the molecule is O=C1CCCN(C(=O)c2cc(O)ccc2Cl)C1. The van der Waals surface area contributed by atoms with Gasteiger partial charge < -0.3 is 10.0 Å². The van der Waals surface area contributed by atoms with E-state index in [2.05, 4.69) is 0 Å². The van der Waals surface area contributed by atoms with Gasteiger partial charge in [-0.2, -0.15) is 0 Å². The number of Topliss-reactive ketones (excluding diaryl/α,β-unsaturated/α-hetero) is 1. The Hall–Kier alpha value is -1.55. The Labute approximate surface area is 104 Å². The van der Waals surface area contributed by atoms with E-state index in [1.807, 2.05) is 0 Å². The molecule has 1 aliphatic heterocycles. The molecule has 5 heteroatoms. The first-order chi connectivity index (χ1) is 8.08. The maximum absolute atomic E-state index is 12.1. The van der Waals surface area contributed by atoms with Gasteiger partial charge in [0.1, 0.15) is 5.75 Å². The predicted molar refractivity (Wildman–Crippen MR) is 63.3 cm³/mol. The van der Waals surface area contributed by atoms with E-state index in [-0.39, 0.29) is 34.6 Å². The third-order valence-corrected chi connectivity index (χ3v) is 3.05. The molecule has 0 spiro atoms. The summed E-state index contributed by atoms with van der Waals surface area (Å²) in [6.07, 6.45) is 1.21. The van der Waals surface area contributed by atoms with E-state index in [4.69, 9.17) is 11.6 Å². The minimum Gasteiger partial charge on any atom is -0.508 e. The Balaban J connectivity index is 2.24. The minimum atomic E-state index is -0.307. The minimum absolute atomic E-state index is 0.0129. The number of ketones is 1. The average molecular weight is 254 g/mol. The molecular formula is C12H12ClNO3. The number of likely N-dealkylation sites (tertiary alicyclic amines) is 1. The summed E-state index contributed by atoms with van der Waals surface area (Å²) in [5.41, 5.74) is 0.237. The van der Waals surface area contributed by atoms with E-state index < -0.39 is 0 Å². The third-order valence-electron chi connectivity index (χ3n) is 2.72. The Bertz CT molecular complexity index is 473. The Morgan fingerprint density at radius 3 is 2.88 bits per heavy atom. The summed E-state index contributed by atoms with van der Waals surface area (Å²) in [7, 11) is 0. The fourth-order valence-corrected chi connectivity index (χ4v) is 2.06. The van der Waals surface area contributed by atoms with Crippen LogP contribution in [0.4, 0.5) is 0 Å². The van der Waals surface area contributed by atoms with Gasteiger partial charge in [-0.1, -0.05) is 11.6 Å². The monoisotopic (exact) mass is 253 g/mol. The van der Waals surface area contributed by atoms with Crippen molar-refractivity contribution in [2.24, 2.45) is 0 Å². The number of phenols is 1. The molecule has 0 unspecified atom stereocenters. The molecule has 1 saturated heterocycles. The van der Waals surface area contributed by atoms with Crippen LogP contribution in [0.3, 0.4) is 0 Å². The summed E-state index contributed by atoms with van der Waals surface area (Å²) in [6, 6.07) is 4.21. The van der Waals surface area contributed by atoms with E-state index in [1.165, 1.54) is 23.1 Å². The van der Waals surface area contributed by atoms with Crippen molar-refractivity contribution in [3.05, 3.63) is 28.8 Å². The fourth-order valence-electron chi connectivity index (χ4n) is 1.86. The first-order valence-corrected chi connectivity index (χ1v) is 5.75. The van der Waals surface area contributed by atoms with Crippen LogP contribution < -0.4 is 0 Å². The summed E-state index contributed by atoms with van der Waals surface area (Å²) < 4.78 is 0. The molecule has 1 aromatic rings. The number of piperidine rings is 1. The number of nitrogens with zero attached hydrogens (tertiary/aromatic N) is 1. The average Bonchev–Trinajstić information content (AvgIpc) is 2.31. The molecule has 1 aliphatic rings. The molecule has 1 fully saturated rings. The van der Waals surface area contributed by atoms with E-state index >= 15 is 0 Å². The number of aromatic hydroxyl groups is 1. The number of benzene rings is 1. The van der Waals surface area contributed by atoms with Crippen LogP contribution in [0.5, 0.6) is 5.75 Å². The van der Waals surface area contributed by atoms with Crippen molar-refractivity contribution < 1.29 is 14.7 Å². The highest BCUT2D eigenvalue weighted by Gasteiger charge is 2.24. The molecule has 0 aromatic heterocycles. The van der Waals surface area contributed by atoms with Gasteiger partial charge in [0, 0.05) is 13.0 Å². The lowest BCUT2D eigenvalue weighted by molar-refractivity contribution is -0.121. The number of rotatable bonds is 1. The van der Waals surface area contributed by atoms with Gasteiger partial charge in [-0.05, 0) is 24.6 Å². The van der Waals surface area contributed by atoms with Gasteiger partial charge >= 0.3 is 0 Å². The van der Waals surface area contributed by atoms with E-state index in [0.29, 0.717) is 19.4 Å². The molecule has 4 nitrogen and oxygen atoms in total. The van der Waals surface area contributed by atoms with Crippen LogP contribution in [0.1, 0.15) is 23.2 Å². The first-order valence-electron chi connectivity index (χ1n) is 5.37. The summed E-state index contributed by atoms with van der Waals surface area (Å²) in [5.74, 6) is -0.263. The number of amides is 1. The second kappa shape index (κ2) is 4.75. The molecular weight excluding hydrogens is 242 g/mol. The first kappa shape index (κ1) is 11.9. The molecule has 1 heterocycles. The molecule has 0 atom stereocenters. The zero-order valence-corrected chi connectivity index (χ0v) is 9.91. The van der Waals surface area contributed by atoms with Crippen LogP contribution in [0.15, 0.2) is 18.2 Å². The van der Waals surface area contributed by atoms with Gasteiger partial charge in [0.05, 0.1) is 17.1 Å². The van der Waals surface area contributed by atoms with Crippen molar-refractivity contribution >= 4 is 23.3 Å². The molecule has 1 N–H and O–H groups in total. The maximum Gasteiger partial charge on any atom is 0.255 e. The second-order valence-electron chi connectivity index (χ2n) is 4.03. The highest BCUT2D eigenvalue weighted by Crippen LogP contribution is 2.23. The van der Waals surface area contributed by atoms with Crippen LogP contribution in [-0.4, -0.2) is 34.8 Å². The van der Waals surface area contributed by atoms with Gasteiger partial charge in [-0.3, -0.25) is 9.59 Å². The van der Waals surface area contributed by atoms with Crippen molar-refractivity contribution in [2.75, 3.05) is 13.1 Å². The largest absolute Gasteiger partial charge is 0.508 e. The number of hydrogen-bond donors (Lipinski definition) is 1. The van der Waals surface area contributed by atoms with E-state index in [0.717, 1.165) is 0 Å². The van der Waals surface area contributed by atoms with Crippen molar-refractivity contribution in [3.63, 3.8) is 0 Å². The summed E-state index contributed by atoms with van der Waals surface area (Å²) in [5, 5.41) is 9.62. The lowest BCUT2D eigenvalue weighted by atomic mass is 10.1. The van der Waals surface area contributed by atoms with Gasteiger partial charge in [-0.25, -0.2) is 0 Å². The van der Waals surface area contributed by atoms with Crippen molar-refractivity contribution in [1.82, 2.24) is 4.90 Å². The smallest absolute Gasteiger partial charge is 0.255 e. The lowest BCUT2D eigenvalue weighted by Gasteiger charge is -2.26. The van der Waals surface area contributed by atoms with Crippen molar-refractivity contribution in [2.45, 2.75) is 12.8 Å². The van der Waals surface area contributed by atoms with Gasteiger partial charge in [0.2, 0.25) is 0 Å². The number of phenolic OH excluding ortho intramolecular Hbond substituents is 1. The second-order valence-corrected chi connectivity index (χ2v) is 4.44. The normalized spacial score (nSPS) is 16.1. The van der Waals surface area contributed by atoms with Crippen LogP contribution in [0.2, 0.25) is 5.02 Å². The molecule has 2 rings (SSSR count). The molecule has 0 saturated carbocycles. The van der Waals surface area contributed by atoms with Gasteiger partial charge in [0.25, 0.3) is 5.91 Å². The highest BCUT2D eigenvalue weighted by molar-refractivity contribution is 6.33. The molecule has 0 bridgehead atoms. The lowest BCUT2D eigenvalue weighted by Crippen LogP contribution is -2.40. The van der Waals surface area contributed by atoms with E-state index in [9.17, 15) is 14.7 Å². The van der Waals surface area contributed by atoms with Gasteiger partial charge in [0.15, 0.2) is 5.78 Å². The van der Waals surface area contributed by atoms with Crippen molar-refractivity contribution in [1.29, 1.82) is 0 Å². The Morgan fingerprint density at radius 2 is 2.18 bits per heavy atom. The molecule has 1 amide bonds. The zero-order valence-electron chi connectivity index (χ0n) is 9.15. The highest BCUT2D eigenvalue weighted by atomic mass is 35.5.